The van der Waals surface area contributed by atoms with E-state index in [1.165, 1.54) is 0 Å². The molecule has 26 heavy (non-hydrogen) atoms. The Bertz CT molecular complexity index is 1050. The average Bonchev–Trinajstić information content (AvgIpc) is 3.04. The van der Waals surface area contributed by atoms with Crippen molar-refractivity contribution in [3.63, 3.8) is 0 Å². The molecule has 7 heteroatoms. The maximum atomic E-state index is 12.7. The first-order valence-corrected chi connectivity index (χ1v) is 10.1. The standard InChI is InChI=1S/C19H21N3O3S/c1-3-22-12-11-14-13-15(9-10-18(14)22)20-19(23)16-7-5-6-8-17(16)21-26(24,25)4-2/h5-13,21H,3-4H2,1-2H3,(H,20,23). The number of hydrogen-bond acceptors (Lipinski definition) is 3. The molecule has 0 aliphatic rings. The summed E-state index contributed by atoms with van der Waals surface area (Å²) in [6, 6.07) is 14.2. The van der Waals surface area contributed by atoms with Crippen LogP contribution in [0.15, 0.2) is 54.7 Å². The second kappa shape index (κ2) is 7.21. The van der Waals surface area contributed by atoms with Crippen LogP contribution in [0.5, 0.6) is 0 Å². The maximum absolute atomic E-state index is 12.7. The topological polar surface area (TPSA) is 80.2 Å². The highest BCUT2D eigenvalue weighted by molar-refractivity contribution is 7.92. The van der Waals surface area contributed by atoms with E-state index in [0.29, 0.717) is 5.69 Å². The lowest BCUT2D eigenvalue weighted by Crippen LogP contribution is -2.19. The fraction of sp³-hybridized carbons (Fsp3) is 0.211. The molecule has 0 unspecified atom stereocenters. The number of rotatable bonds is 6. The van der Waals surface area contributed by atoms with E-state index in [-0.39, 0.29) is 22.9 Å². The molecule has 136 valence electrons. The fourth-order valence-corrected chi connectivity index (χ4v) is 3.42. The number of amides is 1. The Hall–Kier alpha value is -2.80. The summed E-state index contributed by atoms with van der Waals surface area (Å²) in [6.07, 6.45) is 2.01. The number of anilines is 2. The molecule has 2 aromatic carbocycles. The zero-order valence-corrected chi connectivity index (χ0v) is 15.5. The molecular weight excluding hydrogens is 350 g/mol. The van der Waals surface area contributed by atoms with Crippen LogP contribution in [0.1, 0.15) is 24.2 Å². The lowest BCUT2D eigenvalue weighted by molar-refractivity contribution is 0.102. The Labute approximate surface area is 152 Å². The molecule has 0 bridgehead atoms. The quantitative estimate of drug-likeness (QED) is 0.694. The van der Waals surface area contributed by atoms with Crippen molar-refractivity contribution < 1.29 is 13.2 Å². The number of hydrogen-bond donors (Lipinski definition) is 2. The van der Waals surface area contributed by atoms with Gasteiger partial charge in [-0.3, -0.25) is 9.52 Å². The number of aromatic nitrogens is 1. The number of carbonyl (C=O) groups excluding carboxylic acids is 1. The Morgan fingerprint density at radius 1 is 1.08 bits per heavy atom. The smallest absolute Gasteiger partial charge is 0.257 e. The van der Waals surface area contributed by atoms with Gasteiger partial charge in [0.15, 0.2) is 0 Å². The van der Waals surface area contributed by atoms with E-state index in [9.17, 15) is 13.2 Å². The second-order valence-electron chi connectivity index (χ2n) is 5.88. The Morgan fingerprint density at radius 2 is 1.85 bits per heavy atom. The first-order chi connectivity index (χ1) is 12.4. The largest absolute Gasteiger partial charge is 0.348 e. The minimum Gasteiger partial charge on any atom is -0.348 e. The van der Waals surface area contributed by atoms with Crippen LogP contribution < -0.4 is 10.0 Å². The number of nitrogens with one attached hydrogen (secondary N) is 2. The Morgan fingerprint density at radius 3 is 2.58 bits per heavy atom. The summed E-state index contributed by atoms with van der Waals surface area (Å²) in [6.45, 7) is 4.49. The van der Waals surface area contributed by atoms with E-state index in [1.54, 1.807) is 31.2 Å². The van der Waals surface area contributed by atoms with Crippen LogP contribution >= 0.6 is 0 Å². The summed E-state index contributed by atoms with van der Waals surface area (Å²) >= 11 is 0. The molecule has 0 spiro atoms. The van der Waals surface area contributed by atoms with Crippen molar-refractivity contribution >= 4 is 38.2 Å². The zero-order valence-electron chi connectivity index (χ0n) is 14.7. The molecule has 1 aromatic heterocycles. The molecular formula is C19H21N3O3S. The van der Waals surface area contributed by atoms with E-state index < -0.39 is 10.0 Å². The van der Waals surface area contributed by atoms with Gasteiger partial charge in [0.2, 0.25) is 10.0 Å². The molecule has 3 aromatic rings. The van der Waals surface area contributed by atoms with Gasteiger partial charge in [-0.15, -0.1) is 0 Å². The number of para-hydroxylation sites is 1. The fourth-order valence-electron chi connectivity index (χ4n) is 2.76. The van der Waals surface area contributed by atoms with Crippen molar-refractivity contribution in [2.45, 2.75) is 20.4 Å². The molecule has 0 aliphatic carbocycles. The summed E-state index contributed by atoms with van der Waals surface area (Å²) < 4.78 is 28.2. The third kappa shape index (κ3) is 3.72. The van der Waals surface area contributed by atoms with Crippen molar-refractivity contribution in [2.24, 2.45) is 0 Å². The summed E-state index contributed by atoms with van der Waals surface area (Å²) in [5, 5.41) is 3.87. The molecule has 6 nitrogen and oxygen atoms in total. The highest BCUT2D eigenvalue weighted by Crippen LogP contribution is 2.23. The summed E-state index contributed by atoms with van der Waals surface area (Å²) in [4.78, 5) is 12.7. The number of nitrogens with zero attached hydrogens (tertiary/aromatic N) is 1. The van der Waals surface area contributed by atoms with Crippen LogP contribution in [0.4, 0.5) is 11.4 Å². The third-order valence-corrected chi connectivity index (χ3v) is 5.48. The first-order valence-electron chi connectivity index (χ1n) is 8.43. The van der Waals surface area contributed by atoms with Gasteiger partial charge in [0.1, 0.15) is 0 Å². The van der Waals surface area contributed by atoms with Crippen molar-refractivity contribution in [1.82, 2.24) is 4.57 Å². The summed E-state index contributed by atoms with van der Waals surface area (Å²) in [7, 11) is -3.46. The average molecular weight is 371 g/mol. The molecule has 0 saturated carbocycles. The molecule has 3 rings (SSSR count). The van der Waals surface area contributed by atoms with E-state index >= 15 is 0 Å². The normalized spacial score (nSPS) is 11.5. The second-order valence-corrected chi connectivity index (χ2v) is 7.89. The highest BCUT2D eigenvalue weighted by atomic mass is 32.2. The predicted molar refractivity (Wildman–Crippen MR) is 105 cm³/mol. The molecule has 0 fully saturated rings. The number of sulfonamides is 1. The van der Waals surface area contributed by atoms with Gasteiger partial charge < -0.3 is 9.88 Å². The van der Waals surface area contributed by atoms with Gasteiger partial charge >= 0.3 is 0 Å². The minimum absolute atomic E-state index is 0.0615. The molecule has 1 amide bonds. The van der Waals surface area contributed by atoms with Gasteiger partial charge in [0, 0.05) is 29.3 Å². The number of benzene rings is 2. The van der Waals surface area contributed by atoms with Crippen molar-refractivity contribution in [1.29, 1.82) is 0 Å². The van der Waals surface area contributed by atoms with Crippen molar-refractivity contribution in [3.05, 3.63) is 60.3 Å². The van der Waals surface area contributed by atoms with Gasteiger partial charge in [0.05, 0.1) is 17.0 Å². The number of fused-ring (bicyclic) bond motifs is 1. The van der Waals surface area contributed by atoms with Crippen LogP contribution in [0.25, 0.3) is 10.9 Å². The van der Waals surface area contributed by atoms with Gasteiger partial charge in [-0.05, 0) is 50.2 Å². The van der Waals surface area contributed by atoms with Gasteiger partial charge in [-0.25, -0.2) is 8.42 Å². The molecule has 1 heterocycles. The van der Waals surface area contributed by atoms with Crippen LogP contribution in [0.3, 0.4) is 0 Å². The van der Waals surface area contributed by atoms with E-state index in [0.717, 1.165) is 17.4 Å². The van der Waals surface area contributed by atoms with Crippen LogP contribution in [0.2, 0.25) is 0 Å². The number of aryl methyl sites for hydroxylation is 1. The van der Waals surface area contributed by atoms with E-state index in [4.69, 9.17) is 0 Å². The molecule has 2 N–H and O–H groups in total. The molecule has 0 atom stereocenters. The summed E-state index contributed by atoms with van der Waals surface area (Å²) in [5.41, 5.74) is 2.30. The SMILES string of the molecule is CCn1ccc2cc(NC(=O)c3ccccc3NS(=O)(=O)CC)ccc21. The van der Waals surface area contributed by atoms with Crippen molar-refractivity contribution in [2.75, 3.05) is 15.8 Å². The van der Waals surface area contributed by atoms with Gasteiger partial charge in [-0.1, -0.05) is 12.1 Å². The zero-order chi connectivity index (χ0) is 18.7. The predicted octanol–water partition coefficient (Wildman–Crippen LogP) is 3.68. The minimum atomic E-state index is -3.46. The van der Waals surface area contributed by atoms with Crippen LogP contribution in [-0.2, 0) is 16.6 Å². The van der Waals surface area contributed by atoms with Gasteiger partial charge in [0.25, 0.3) is 5.91 Å². The molecule has 0 radical (unpaired) electrons. The van der Waals surface area contributed by atoms with Gasteiger partial charge in [-0.2, -0.15) is 0 Å². The highest BCUT2D eigenvalue weighted by Gasteiger charge is 2.15. The number of carbonyl (C=O) groups is 1. The summed E-state index contributed by atoms with van der Waals surface area (Å²) in [5.74, 6) is -0.428. The third-order valence-electron chi connectivity index (χ3n) is 4.19. The monoisotopic (exact) mass is 371 g/mol. The maximum Gasteiger partial charge on any atom is 0.257 e. The Balaban J connectivity index is 1.86. The lowest BCUT2D eigenvalue weighted by atomic mass is 10.1. The van der Waals surface area contributed by atoms with E-state index in [1.807, 2.05) is 30.5 Å². The molecule has 0 aliphatic heterocycles. The van der Waals surface area contributed by atoms with Crippen LogP contribution in [-0.4, -0.2) is 24.6 Å². The first kappa shape index (κ1) is 18.0. The van der Waals surface area contributed by atoms with E-state index in [2.05, 4.69) is 21.5 Å². The lowest BCUT2D eigenvalue weighted by Gasteiger charge is -2.12. The van der Waals surface area contributed by atoms with Crippen LogP contribution in [0, 0.1) is 0 Å². The Kier molecular flexibility index (Phi) is 4.99. The molecule has 0 saturated heterocycles. The van der Waals surface area contributed by atoms with Crippen molar-refractivity contribution in [3.8, 4) is 0 Å².